The van der Waals surface area contributed by atoms with Crippen molar-refractivity contribution in [3.63, 3.8) is 0 Å². The highest BCUT2D eigenvalue weighted by molar-refractivity contribution is 5.39. The molecule has 0 saturated carbocycles. The van der Waals surface area contributed by atoms with E-state index >= 15 is 0 Å². The van der Waals surface area contributed by atoms with Crippen molar-refractivity contribution in [2.75, 3.05) is 12.8 Å². The Labute approximate surface area is 112 Å². The molecule has 0 radical (unpaired) electrons. The quantitative estimate of drug-likeness (QED) is 0.898. The zero-order valence-corrected chi connectivity index (χ0v) is 11.5. The van der Waals surface area contributed by atoms with Gasteiger partial charge in [-0.15, -0.1) is 0 Å². The minimum atomic E-state index is 0.236. The van der Waals surface area contributed by atoms with Gasteiger partial charge in [0.25, 0.3) is 0 Å². The first kappa shape index (κ1) is 13.3. The number of rotatable bonds is 5. The van der Waals surface area contributed by atoms with E-state index in [1.54, 1.807) is 11.8 Å². The highest BCUT2D eigenvalue weighted by Crippen LogP contribution is 2.26. The van der Waals surface area contributed by atoms with E-state index < -0.39 is 0 Å². The Morgan fingerprint density at radius 3 is 2.53 bits per heavy atom. The minimum Gasteiger partial charge on any atom is -0.493 e. The van der Waals surface area contributed by atoms with Crippen molar-refractivity contribution in [3.05, 3.63) is 36.0 Å². The molecule has 0 aliphatic carbocycles. The van der Waals surface area contributed by atoms with Crippen LogP contribution in [0.25, 0.3) is 0 Å². The van der Waals surface area contributed by atoms with Crippen molar-refractivity contribution in [2.45, 2.75) is 26.5 Å². The van der Waals surface area contributed by atoms with Crippen LogP contribution in [0.15, 0.2) is 30.3 Å². The second-order valence-electron chi connectivity index (χ2n) is 4.54. The second kappa shape index (κ2) is 5.65. The van der Waals surface area contributed by atoms with Crippen molar-refractivity contribution in [3.8, 4) is 11.5 Å². The van der Waals surface area contributed by atoms with Crippen LogP contribution < -0.4 is 15.2 Å². The van der Waals surface area contributed by atoms with E-state index in [1.165, 1.54) is 0 Å². The summed E-state index contributed by atoms with van der Waals surface area (Å²) in [5, 5.41) is 4.41. The molecule has 1 heterocycles. The second-order valence-corrected chi connectivity index (χ2v) is 4.54. The number of anilines is 1. The summed E-state index contributed by atoms with van der Waals surface area (Å²) in [6, 6.07) is 9.59. The van der Waals surface area contributed by atoms with Crippen molar-refractivity contribution in [1.82, 2.24) is 9.78 Å². The lowest BCUT2D eigenvalue weighted by molar-refractivity contribution is 0.279. The average Bonchev–Trinajstić information content (AvgIpc) is 2.78. The molecule has 0 saturated heterocycles. The molecule has 0 fully saturated rings. The number of para-hydroxylation sites is 2. The van der Waals surface area contributed by atoms with Gasteiger partial charge in [0.1, 0.15) is 18.1 Å². The van der Waals surface area contributed by atoms with Gasteiger partial charge in [-0.25, -0.2) is 4.68 Å². The van der Waals surface area contributed by atoms with E-state index in [9.17, 15) is 0 Å². The van der Waals surface area contributed by atoms with Crippen molar-refractivity contribution in [2.24, 2.45) is 0 Å². The molecule has 5 nitrogen and oxygen atoms in total. The normalized spacial score (nSPS) is 10.7. The lowest BCUT2D eigenvalue weighted by atomic mass is 10.3. The number of aromatic nitrogens is 2. The average molecular weight is 261 g/mol. The number of methoxy groups -OCH3 is 1. The van der Waals surface area contributed by atoms with Crippen LogP contribution in [-0.2, 0) is 6.61 Å². The first-order valence-corrected chi connectivity index (χ1v) is 6.21. The zero-order valence-electron chi connectivity index (χ0n) is 11.5. The summed E-state index contributed by atoms with van der Waals surface area (Å²) in [6.45, 7) is 4.44. The summed E-state index contributed by atoms with van der Waals surface area (Å²) < 4.78 is 12.7. The van der Waals surface area contributed by atoms with Crippen LogP contribution in [0.4, 0.5) is 5.82 Å². The minimum absolute atomic E-state index is 0.236. The number of benzene rings is 1. The van der Waals surface area contributed by atoms with Gasteiger partial charge in [-0.2, -0.15) is 5.10 Å². The number of nitrogen functional groups attached to an aromatic ring is 1. The van der Waals surface area contributed by atoms with Gasteiger partial charge in [0.15, 0.2) is 11.5 Å². The summed E-state index contributed by atoms with van der Waals surface area (Å²) in [5.74, 6) is 2.05. The van der Waals surface area contributed by atoms with Crippen LogP contribution in [0, 0.1) is 0 Å². The molecule has 0 spiro atoms. The van der Waals surface area contributed by atoms with Gasteiger partial charge < -0.3 is 15.2 Å². The molecule has 2 aromatic rings. The van der Waals surface area contributed by atoms with Crippen molar-refractivity contribution >= 4 is 5.82 Å². The predicted octanol–water partition coefficient (Wildman–Crippen LogP) is 2.63. The van der Waals surface area contributed by atoms with E-state index in [4.69, 9.17) is 15.2 Å². The molecule has 0 atom stereocenters. The molecule has 0 aliphatic heterocycles. The van der Waals surface area contributed by atoms with Gasteiger partial charge in [0.05, 0.1) is 7.11 Å². The Morgan fingerprint density at radius 1 is 1.26 bits per heavy atom. The topological polar surface area (TPSA) is 62.3 Å². The maximum Gasteiger partial charge on any atom is 0.161 e. The first-order chi connectivity index (χ1) is 9.11. The molecule has 0 amide bonds. The van der Waals surface area contributed by atoms with E-state index in [0.29, 0.717) is 23.9 Å². The molecular formula is C14H19N3O2. The third-order valence-corrected chi connectivity index (χ3v) is 2.75. The Hall–Kier alpha value is -2.17. The number of nitrogens with two attached hydrogens (primary N) is 1. The lowest BCUT2D eigenvalue weighted by Gasteiger charge is -2.09. The fourth-order valence-electron chi connectivity index (χ4n) is 1.84. The Balaban J connectivity index is 2.08. The van der Waals surface area contributed by atoms with Crippen LogP contribution in [0.3, 0.4) is 0 Å². The van der Waals surface area contributed by atoms with Crippen LogP contribution >= 0.6 is 0 Å². The van der Waals surface area contributed by atoms with E-state index in [1.807, 2.05) is 44.2 Å². The molecule has 102 valence electrons. The molecule has 1 aromatic heterocycles. The van der Waals surface area contributed by atoms with Gasteiger partial charge in [-0.1, -0.05) is 12.1 Å². The highest BCUT2D eigenvalue weighted by Gasteiger charge is 2.09. The maximum absolute atomic E-state index is 5.89. The smallest absolute Gasteiger partial charge is 0.161 e. The Kier molecular flexibility index (Phi) is 3.94. The fourth-order valence-corrected chi connectivity index (χ4v) is 1.84. The van der Waals surface area contributed by atoms with Crippen molar-refractivity contribution in [1.29, 1.82) is 0 Å². The van der Waals surface area contributed by atoms with Crippen LogP contribution in [0.1, 0.15) is 25.6 Å². The molecule has 0 bridgehead atoms. The van der Waals surface area contributed by atoms with Crippen LogP contribution in [0.2, 0.25) is 0 Å². The number of hydrogen-bond donors (Lipinski definition) is 1. The number of hydrogen-bond acceptors (Lipinski definition) is 4. The zero-order chi connectivity index (χ0) is 13.8. The molecule has 0 unspecified atom stereocenters. The molecule has 2 N–H and O–H groups in total. The molecule has 1 aromatic carbocycles. The third kappa shape index (κ3) is 2.99. The maximum atomic E-state index is 5.89. The molecule has 0 aliphatic rings. The van der Waals surface area contributed by atoms with Gasteiger partial charge in [0.2, 0.25) is 0 Å². The van der Waals surface area contributed by atoms with E-state index in [0.717, 1.165) is 5.69 Å². The van der Waals surface area contributed by atoms with Crippen LogP contribution in [-0.4, -0.2) is 16.9 Å². The predicted molar refractivity (Wildman–Crippen MR) is 74.4 cm³/mol. The van der Waals surface area contributed by atoms with Crippen LogP contribution in [0.5, 0.6) is 11.5 Å². The number of nitrogens with zero attached hydrogens (tertiary/aromatic N) is 2. The van der Waals surface area contributed by atoms with E-state index in [2.05, 4.69) is 5.10 Å². The Bertz CT molecular complexity index is 549. The molecule has 2 rings (SSSR count). The van der Waals surface area contributed by atoms with E-state index in [-0.39, 0.29) is 6.04 Å². The highest BCUT2D eigenvalue weighted by atomic mass is 16.5. The van der Waals surface area contributed by atoms with Gasteiger partial charge in [-0.05, 0) is 26.0 Å². The lowest BCUT2D eigenvalue weighted by Crippen LogP contribution is -2.07. The summed E-state index contributed by atoms with van der Waals surface area (Å²) in [4.78, 5) is 0. The summed E-state index contributed by atoms with van der Waals surface area (Å²) in [5.41, 5.74) is 6.69. The molecule has 5 heteroatoms. The standard InChI is InChI=1S/C14H19N3O2/c1-10(2)17-14(15)8-11(16-17)9-19-13-7-5-4-6-12(13)18-3/h4-8,10H,9,15H2,1-3H3. The summed E-state index contributed by atoms with van der Waals surface area (Å²) >= 11 is 0. The molecular weight excluding hydrogens is 242 g/mol. The molecule has 19 heavy (non-hydrogen) atoms. The van der Waals surface area contributed by atoms with Gasteiger partial charge >= 0.3 is 0 Å². The summed E-state index contributed by atoms with van der Waals surface area (Å²) in [6.07, 6.45) is 0. The largest absolute Gasteiger partial charge is 0.493 e. The number of ether oxygens (including phenoxy) is 2. The summed E-state index contributed by atoms with van der Waals surface area (Å²) in [7, 11) is 1.62. The van der Waals surface area contributed by atoms with Crippen molar-refractivity contribution < 1.29 is 9.47 Å². The SMILES string of the molecule is COc1ccccc1OCc1cc(N)n(C(C)C)n1. The Morgan fingerprint density at radius 2 is 1.95 bits per heavy atom. The van der Waals surface area contributed by atoms with Gasteiger partial charge in [0, 0.05) is 12.1 Å². The van der Waals surface area contributed by atoms with Gasteiger partial charge in [-0.3, -0.25) is 0 Å². The monoisotopic (exact) mass is 261 g/mol. The third-order valence-electron chi connectivity index (χ3n) is 2.75. The first-order valence-electron chi connectivity index (χ1n) is 6.21. The fraction of sp³-hybridized carbons (Fsp3) is 0.357.